The van der Waals surface area contributed by atoms with Gasteiger partial charge in [0.2, 0.25) is 0 Å². The zero-order valence-corrected chi connectivity index (χ0v) is 14.9. The molecular weight excluding hydrogens is 314 g/mol. The number of ether oxygens (including phenoxy) is 3. The van der Waals surface area contributed by atoms with Crippen LogP contribution in [0.3, 0.4) is 0 Å². The van der Waals surface area contributed by atoms with E-state index >= 15 is 0 Å². The van der Waals surface area contributed by atoms with Gasteiger partial charge in [-0.15, -0.1) is 0 Å². The maximum atomic E-state index is 5.89. The van der Waals surface area contributed by atoms with Gasteiger partial charge in [-0.3, -0.25) is 0 Å². The Hall–Kier alpha value is -2.30. The molecule has 1 aliphatic rings. The minimum atomic E-state index is -0.307. The van der Waals surface area contributed by atoms with E-state index < -0.39 is 0 Å². The highest BCUT2D eigenvalue weighted by atomic mass is 16.7. The number of benzene rings is 2. The third-order valence-corrected chi connectivity index (χ3v) is 4.77. The zero-order valence-electron chi connectivity index (χ0n) is 14.9. The normalized spacial score (nSPS) is 15.6. The number of para-hydroxylation sites is 1. The molecule has 1 aromatic heterocycles. The zero-order chi connectivity index (χ0) is 17.4. The van der Waals surface area contributed by atoms with Crippen molar-refractivity contribution in [3.8, 4) is 11.4 Å². The Morgan fingerprint density at radius 3 is 2.60 bits per heavy atom. The van der Waals surface area contributed by atoms with Crippen LogP contribution in [-0.4, -0.2) is 24.9 Å². The summed E-state index contributed by atoms with van der Waals surface area (Å²) in [6.07, 6.45) is 0.641. The highest BCUT2D eigenvalue weighted by molar-refractivity contribution is 5.85. The molecule has 130 valence electrons. The Bertz CT molecular complexity index is 907. The SMILES string of the molecule is COc1ccc2c(c1)cc(C)n2-c1c(C)cccc1C1OCCCO1. The summed E-state index contributed by atoms with van der Waals surface area (Å²) < 4.78 is 19.4. The third-order valence-electron chi connectivity index (χ3n) is 4.77. The largest absolute Gasteiger partial charge is 0.497 e. The van der Waals surface area contributed by atoms with Crippen LogP contribution in [0.15, 0.2) is 42.5 Å². The van der Waals surface area contributed by atoms with Crippen molar-refractivity contribution in [3.63, 3.8) is 0 Å². The fourth-order valence-electron chi connectivity index (χ4n) is 3.60. The Morgan fingerprint density at radius 1 is 1.04 bits per heavy atom. The van der Waals surface area contributed by atoms with Crippen LogP contribution in [0.1, 0.15) is 29.5 Å². The molecule has 3 aromatic rings. The third kappa shape index (κ3) is 2.81. The van der Waals surface area contributed by atoms with Crippen LogP contribution >= 0.6 is 0 Å². The van der Waals surface area contributed by atoms with Gasteiger partial charge in [-0.05, 0) is 50.1 Å². The van der Waals surface area contributed by atoms with Crippen LogP contribution in [0.2, 0.25) is 0 Å². The standard InChI is InChI=1S/C21H23NO3/c1-14-6-4-7-18(21-24-10-5-11-25-21)20(14)22-15(2)12-16-13-17(23-3)8-9-19(16)22/h4,6-9,12-13,21H,5,10-11H2,1-3H3. The molecule has 4 nitrogen and oxygen atoms in total. The number of rotatable bonds is 3. The molecule has 0 amide bonds. The summed E-state index contributed by atoms with van der Waals surface area (Å²) in [6, 6.07) is 14.7. The molecule has 2 aromatic carbocycles. The van der Waals surface area contributed by atoms with Crippen LogP contribution in [0.4, 0.5) is 0 Å². The molecule has 1 aliphatic heterocycles. The maximum absolute atomic E-state index is 5.89. The van der Waals surface area contributed by atoms with Gasteiger partial charge in [0, 0.05) is 16.6 Å². The molecule has 0 saturated carbocycles. The maximum Gasteiger partial charge on any atom is 0.185 e. The van der Waals surface area contributed by atoms with Crippen molar-refractivity contribution < 1.29 is 14.2 Å². The number of methoxy groups -OCH3 is 1. The Balaban J connectivity index is 1.92. The summed E-state index contributed by atoms with van der Waals surface area (Å²) in [5.74, 6) is 0.869. The minimum Gasteiger partial charge on any atom is -0.497 e. The van der Waals surface area contributed by atoms with Crippen molar-refractivity contribution in [2.45, 2.75) is 26.6 Å². The van der Waals surface area contributed by atoms with Gasteiger partial charge in [0.25, 0.3) is 0 Å². The van der Waals surface area contributed by atoms with Gasteiger partial charge in [0.1, 0.15) is 5.75 Å². The average molecular weight is 337 g/mol. The first kappa shape index (κ1) is 16.2. The minimum absolute atomic E-state index is 0.307. The van der Waals surface area contributed by atoms with Gasteiger partial charge < -0.3 is 18.8 Å². The van der Waals surface area contributed by atoms with E-state index in [0.29, 0.717) is 0 Å². The van der Waals surface area contributed by atoms with E-state index in [1.807, 2.05) is 6.07 Å². The second-order valence-electron chi connectivity index (χ2n) is 6.49. The van der Waals surface area contributed by atoms with Crippen molar-refractivity contribution in [3.05, 3.63) is 59.3 Å². The Labute approximate surface area is 147 Å². The number of hydrogen-bond donors (Lipinski definition) is 0. The molecule has 0 spiro atoms. The van der Waals surface area contributed by atoms with Gasteiger partial charge in [-0.25, -0.2) is 0 Å². The lowest BCUT2D eigenvalue weighted by molar-refractivity contribution is -0.182. The van der Waals surface area contributed by atoms with Crippen LogP contribution in [-0.2, 0) is 9.47 Å². The summed E-state index contributed by atoms with van der Waals surface area (Å²) in [4.78, 5) is 0. The molecule has 1 saturated heterocycles. The number of aromatic nitrogens is 1. The highest BCUT2D eigenvalue weighted by Crippen LogP contribution is 2.35. The second kappa shape index (κ2) is 6.54. The Kier molecular flexibility index (Phi) is 4.24. The lowest BCUT2D eigenvalue weighted by Gasteiger charge is -2.27. The molecule has 4 heteroatoms. The molecule has 25 heavy (non-hydrogen) atoms. The van der Waals surface area contributed by atoms with Gasteiger partial charge in [0.05, 0.1) is 31.5 Å². The van der Waals surface area contributed by atoms with Crippen molar-refractivity contribution in [2.75, 3.05) is 20.3 Å². The summed E-state index contributed by atoms with van der Waals surface area (Å²) in [5.41, 5.74) is 5.76. The van der Waals surface area contributed by atoms with E-state index in [1.165, 1.54) is 11.3 Å². The summed E-state index contributed by atoms with van der Waals surface area (Å²) in [6.45, 7) is 5.74. The molecule has 2 heterocycles. The van der Waals surface area contributed by atoms with Crippen LogP contribution < -0.4 is 4.74 Å². The smallest absolute Gasteiger partial charge is 0.185 e. The van der Waals surface area contributed by atoms with Crippen molar-refractivity contribution >= 4 is 10.9 Å². The fourth-order valence-corrected chi connectivity index (χ4v) is 3.60. The summed E-state index contributed by atoms with van der Waals surface area (Å²) >= 11 is 0. The average Bonchev–Trinajstić information content (AvgIpc) is 2.97. The highest BCUT2D eigenvalue weighted by Gasteiger charge is 2.23. The topological polar surface area (TPSA) is 32.6 Å². The predicted octanol–water partition coefficient (Wildman–Crippen LogP) is 4.69. The number of hydrogen-bond acceptors (Lipinski definition) is 3. The molecule has 0 atom stereocenters. The molecule has 0 unspecified atom stereocenters. The van der Waals surface area contributed by atoms with E-state index in [4.69, 9.17) is 14.2 Å². The molecule has 0 aliphatic carbocycles. The second-order valence-corrected chi connectivity index (χ2v) is 6.49. The van der Waals surface area contributed by atoms with Crippen molar-refractivity contribution in [2.24, 2.45) is 0 Å². The van der Waals surface area contributed by atoms with E-state index in [0.717, 1.165) is 47.5 Å². The number of aryl methyl sites for hydroxylation is 2. The summed E-state index contributed by atoms with van der Waals surface area (Å²) in [5, 5.41) is 1.16. The van der Waals surface area contributed by atoms with Crippen molar-refractivity contribution in [1.29, 1.82) is 0 Å². The van der Waals surface area contributed by atoms with Crippen molar-refractivity contribution in [1.82, 2.24) is 4.57 Å². The molecule has 0 N–H and O–H groups in total. The van der Waals surface area contributed by atoms with E-state index in [1.54, 1.807) is 7.11 Å². The molecule has 0 bridgehead atoms. The quantitative estimate of drug-likeness (QED) is 0.695. The van der Waals surface area contributed by atoms with E-state index in [-0.39, 0.29) is 6.29 Å². The first-order chi connectivity index (χ1) is 12.2. The van der Waals surface area contributed by atoms with Crippen LogP contribution in [0.5, 0.6) is 5.75 Å². The first-order valence-electron chi connectivity index (χ1n) is 8.68. The van der Waals surface area contributed by atoms with E-state index in [9.17, 15) is 0 Å². The summed E-state index contributed by atoms with van der Waals surface area (Å²) in [7, 11) is 1.70. The van der Waals surface area contributed by atoms with Crippen LogP contribution in [0.25, 0.3) is 16.6 Å². The van der Waals surface area contributed by atoms with E-state index in [2.05, 4.69) is 54.8 Å². The lowest BCUT2D eigenvalue weighted by Crippen LogP contribution is -2.20. The molecular formula is C21H23NO3. The Morgan fingerprint density at radius 2 is 1.84 bits per heavy atom. The first-order valence-corrected chi connectivity index (χ1v) is 8.68. The van der Waals surface area contributed by atoms with Gasteiger partial charge >= 0.3 is 0 Å². The lowest BCUT2D eigenvalue weighted by atomic mass is 10.1. The number of fused-ring (bicyclic) bond motifs is 1. The predicted molar refractivity (Wildman–Crippen MR) is 98.6 cm³/mol. The van der Waals surface area contributed by atoms with Gasteiger partial charge in [0.15, 0.2) is 6.29 Å². The molecule has 1 fully saturated rings. The van der Waals surface area contributed by atoms with Gasteiger partial charge in [-0.1, -0.05) is 18.2 Å². The molecule has 0 radical (unpaired) electrons. The van der Waals surface area contributed by atoms with Gasteiger partial charge in [-0.2, -0.15) is 0 Å². The van der Waals surface area contributed by atoms with Crippen LogP contribution in [0, 0.1) is 13.8 Å². The fraction of sp³-hybridized carbons (Fsp3) is 0.333. The molecule has 4 rings (SSSR count). The number of nitrogens with zero attached hydrogens (tertiary/aromatic N) is 1. The monoisotopic (exact) mass is 337 g/mol.